The van der Waals surface area contributed by atoms with Gasteiger partial charge in [0.15, 0.2) is 5.78 Å². The average Bonchev–Trinajstić information content (AvgIpc) is 3.09. The molecule has 0 unspecified atom stereocenters. The van der Waals surface area contributed by atoms with Crippen molar-refractivity contribution in [3.05, 3.63) is 59.7 Å². The second-order valence-electron chi connectivity index (χ2n) is 8.33. The van der Waals surface area contributed by atoms with Gasteiger partial charge in [0.25, 0.3) is 0 Å². The molecule has 0 saturated carbocycles. The van der Waals surface area contributed by atoms with Crippen LogP contribution in [0.3, 0.4) is 0 Å². The number of aryl methyl sites for hydroxylation is 1. The summed E-state index contributed by atoms with van der Waals surface area (Å²) < 4.78 is 0. The molecular formula is C26H33N3O3. The van der Waals surface area contributed by atoms with Crippen LogP contribution >= 0.6 is 0 Å². The number of anilines is 2. The molecule has 6 nitrogen and oxygen atoms in total. The summed E-state index contributed by atoms with van der Waals surface area (Å²) in [6.45, 7) is 3.71. The van der Waals surface area contributed by atoms with Crippen LogP contribution in [0.1, 0.15) is 67.8 Å². The molecule has 1 heterocycles. The van der Waals surface area contributed by atoms with E-state index in [2.05, 4.69) is 17.6 Å². The molecule has 0 radical (unpaired) electrons. The number of benzene rings is 2. The lowest BCUT2D eigenvalue weighted by atomic mass is 10.0. The van der Waals surface area contributed by atoms with Crippen molar-refractivity contribution in [2.75, 3.05) is 23.7 Å². The standard InChI is InChI=1S/C26H33N3O3/c1-2-7-20-8-10-21(11-9-20)24(30)16-17-25(31)27-22-12-14-23(15-13-22)28-26(32)29-18-5-3-4-6-19-29/h8-15H,2-7,16-19H2,1H3,(H,27,31)(H,28,32). The Labute approximate surface area is 190 Å². The Morgan fingerprint density at radius 1 is 0.781 bits per heavy atom. The van der Waals surface area contributed by atoms with Gasteiger partial charge < -0.3 is 15.5 Å². The minimum Gasteiger partial charge on any atom is -0.326 e. The third kappa shape index (κ3) is 7.22. The monoisotopic (exact) mass is 435 g/mol. The average molecular weight is 436 g/mol. The maximum atomic E-state index is 12.4. The number of amides is 3. The Bertz CT molecular complexity index is 899. The van der Waals surface area contributed by atoms with Gasteiger partial charge >= 0.3 is 6.03 Å². The summed E-state index contributed by atoms with van der Waals surface area (Å²) in [5.41, 5.74) is 3.19. The maximum Gasteiger partial charge on any atom is 0.321 e. The first-order valence-corrected chi connectivity index (χ1v) is 11.6. The van der Waals surface area contributed by atoms with Crippen LogP contribution in [0.5, 0.6) is 0 Å². The first-order chi connectivity index (χ1) is 15.5. The molecular weight excluding hydrogens is 402 g/mol. The van der Waals surface area contributed by atoms with Gasteiger partial charge in [-0.05, 0) is 49.1 Å². The van der Waals surface area contributed by atoms with Crippen molar-refractivity contribution in [2.24, 2.45) is 0 Å². The smallest absolute Gasteiger partial charge is 0.321 e. The molecule has 0 bridgehead atoms. The summed E-state index contributed by atoms with van der Waals surface area (Å²) in [7, 11) is 0. The van der Waals surface area contributed by atoms with Crippen molar-refractivity contribution in [1.29, 1.82) is 0 Å². The van der Waals surface area contributed by atoms with Crippen LogP contribution in [0.15, 0.2) is 48.5 Å². The fourth-order valence-corrected chi connectivity index (χ4v) is 3.85. The topological polar surface area (TPSA) is 78.5 Å². The predicted molar refractivity (Wildman–Crippen MR) is 128 cm³/mol. The summed E-state index contributed by atoms with van der Waals surface area (Å²) in [5, 5.41) is 5.73. The number of urea groups is 1. The van der Waals surface area contributed by atoms with Crippen molar-refractivity contribution in [2.45, 2.75) is 58.3 Å². The lowest BCUT2D eigenvalue weighted by Crippen LogP contribution is -2.35. The zero-order chi connectivity index (χ0) is 22.8. The Hall–Kier alpha value is -3.15. The molecule has 2 aromatic carbocycles. The molecule has 1 aliphatic rings. The van der Waals surface area contributed by atoms with E-state index in [1.165, 1.54) is 18.4 Å². The quantitative estimate of drug-likeness (QED) is 0.526. The van der Waals surface area contributed by atoms with Crippen molar-refractivity contribution >= 4 is 29.1 Å². The van der Waals surface area contributed by atoms with Crippen molar-refractivity contribution in [3.8, 4) is 0 Å². The largest absolute Gasteiger partial charge is 0.326 e. The summed E-state index contributed by atoms with van der Waals surface area (Å²) >= 11 is 0. The van der Waals surface area contributed by atoms with E-state index < -0.39 is 0 Å². The van der Waals surface area contributed by atoms with E-state index in [1.807, 2.05) is 29.2 Å². The maximum absolute atomic E-state index is 12.4. The highest BCUT2D eigenvalue weighted by atomic mass is 16.2. The predicted octanol–water partition coefficient (Wildman–Crippen LogP) is 5.65. The number of carbonyl (C=O) groups excluding carboxylic acids is 3. The third-order valence-corrected chi connectivity index (χ3v) is 5.71. The van der Waals surface area contributed by atoms with E-state index >= 15 is 0 Å². The van der Waals surface area contributed by atoms with Gasteiger partial charge in [-0.15, -0.1) is 0 Å². The molecule has 1 aliphatic heterocycles. The van der Waals surface area contributed by atoms with Crippen LogP contribution in [0.2, 0.25) is 0 Å². The highest BCUT2D eigenvalue weighted by Crippen LogP contribution is 2.17. The van der Waals surface area contributed by atoms with Gasteiger partial charge in [0, 0.05) is 42.9 Å². The molecule has 0 aliphatic carbocycles. The number of Topliss-reactive ketones (excluding diaryl/α,β-unsaturated/α-hetero) is 1. The molecule has 32 heavy (non-hydrogen) atoms. The van der Waals surface area contributed by atoms with Gasteiger partial charge in [-0.3, -0.25) is 9.59 Å². The lowest BCUT2D eigenvalue weighted by Gasteiger charge is -2.20. The van der Waals surface area contributed by atoms with Gasteiger partial charge in [0.05, 0.1) is 0 Å². The van der Waals surface area contributed by atoms with Crippen LogP contribution in [0.25, 0.3) is 0 Å². The van der Waals surface area contributed by atoms with Gasteiger partial charge in [-0.2, -0.15) is 0 Å². The molecule has 2 aromatic rings. The van der Waals surface area contributed by atoms with Gasteiger partial charge in [-0.25, -0.2) is 4.79 Å². The lowest BCUT2D eigenvalue weighted by molar-refractivity contribution is -0.116. The number of carbonyl (C=O) groups is 3. The van der Waals surface area contributed by atoms with E-state index in [4.69, 9.17) is 0 Å². The van der Waals surface area contributed by atoms with Crippen LogP contribution < -0.4 is 10.6 Å². The number of rotatable bonds is 8. The zero-order valence-electron chi connectivity index (χ0n) is 18.9. The molecule has 1 saturated heterocycles. The summed E-state index contributed by atoms with van der Waals surface area (Å²) in [6, 6.07) is 14.6. The van der Waals surface area contributed by atoms with E-state index in [1.54, 1.807) is 24.3 Å². The fourth-order valence-electron chi connectivity index (χ4n) is 3.85. The summed E-state index contributed by atoms with van der Waals surface area (Å²) in [5.74, 6) is -0.239. The molecule has 2 N–H and O–H groups in total. The third-order valence-electron chi connectivity index (χ3n) is 5.71. The first kappa shape index (κ1) is 23.5. The highest BCUT2D eigenvalue weighted by molar-refractivity contribution is 6.00. The second-order valence-corrected chi connectivity index (χ2v) is 8.33. The normalized spacial score (nSPS) is 13.8. The van der Waals surface area contributed by atoms with Gasteiger partial charge in [0.1, 0.15) is 0 Å². The summed E-state index contributed by atoms with van der Waals surface area (Å²) in [4.78, 5) is 38.9. The first-order valence-electron chi connectivity index (χ1n) is 11.6. The fraction of sp³-hybridized carbons (Fsp3) is 0.423. The number of nitrogens with one attached hydrogen (secondary N) is 2. The van der Waals surface area contributed by atoms with Crippen LogP contribution in [-0.2, 0) is 11.2 Å². The van der Waals surface area contributed by atoms with E-state index in [9.17, 15) is 14.4 Å². The molecule has 0 spiro atoms. The van der Waals surface area contributed by atoms with E-state index in [-0.39, 0.29) is 30.6 Å². The molecule has 0 atom stereocenters. The van der Waals surface area contributed by atoms with Crippen LogP contribution in [0, 0.1) is 0 Å². The number of hydrogen-bond acceptors (Lipinski definition) is 3. The number of ketones is 1. The number of likely N-dealkylation sites (tertiary alicyclic amines) is 1. The minimum atomic E-state index is -0.206. The number of hydrogen-bond donors (Lipinski definition) is 2. The Morgan fingerprint density at radius 2 is 1.38 bits per heavy atom. The highest BCUT2D eigenvalue weighted by Gasteiger charge is 2.15. The van der Waals surface area contributed by atoms with E-state index in [0.717, 1.165) is 38.8 Å². The molecule has 170 valence electrons. The number of nitrogens with zero attached hydrogens (tertiary/aromatic N) is 1. The van der Waals surface area contributed by atoms with Crippen LogP contribution in [-0.4, -0.2) is 35.7 Å². The Kier molecular flexibility index (Phi) is 8.84. The molecule has 6 heteroatoms. The van der Waals surface area contributed by atoms with Gasteiger partial charge in [0.2, 0.25) is 5.91 Å². The van der Waals surface area contributed by atoms with E-state index in [0.29, 0.717) is 16.9 Å². The summed E-state index contributed by atoms with van der Waals surface area (Å²) in [6.07, 6.45) is 6.81. The minimum absolute atomic E-state index is 0.0326. The van der Waals surface area contributed by atoms with Crippen molar-refractivity contribution < 1.29 is 14.4 Å². The Morgan fingerprint density at radius 3 is 1.97 bits per heavy atom. The van der Waals surface area contributed by atoms with Gasteiger partial charge in [-0.1, -0.05) is 50.5 Å². The zero-order valence-corrected chi connectivity index (χ0v) is 18.9. The van der Waals surface area contributed by atoms with Crippen molar-refractivity contribution in [3.63, 3.8) is 0 Å². The SMILES string of the molecule is CCCc1ccc(C(=O)CCC(=O)Nc2ccc(NC(=O)N3CCCCCC3)cc2)cc1. The Balaban J connectivity index is 1.43. The molecule has 1 fully saturated rings. The molecule has 0 aromatic heterocycles. The molecule has 3 rings (SSSR count). The van der Waals surface area contributed by atoms with Crippen molar-refractivity contribution in [1.82, 2.24) is 4.90 Å². The second kappa shape index (κ2) is 12.0. The van der Waals surface area contributed by atoms with Crippen LogP contribution in [0.4, 0.5) is 16.2 Å². The molecule has 3 amide bonds.